The average molecular weight is 175 g/mol. The van der Waals surface area contributed by atoms with Gasteiger partial charge >= 0.3 is 0 Å². The molecule has 3 nitrogen and oxygen atoms in total. The van der Waals surface area contributed by atoms with E-state index in [1.165, 1.54) is 0 Å². The Balaban J connectivity index is 2.90. The number of anilines is 1. The lowest BCUT2D eigenvalue weighted by Gasteiger charge is -1.99. The Morgan fingerprint density at radius 2 is 1.85 bits per heavy atom. The number of benzene rings is 1. The zero-order chi connectivity index (χ0) is 9.84. The first-order chi connectivity index (χ1) is 6.09. The lowest BCUT2D eigenvalue weighted by molar-refractivity contribution is 1.32. The Labute approximate surface area is 77.6 Å². The molecule has 3 heteroatoms. The van der Waals surface area contributed by atoms with Gasteiger partial charge in [-0.05, 0) is 30.7 Å². The molecule has 1 aromatic carbocycles. The van der Waals surface area contributed by atoms with E-state index in [4.69, 9.17) is 16.9 Å². The molecule has 0 aliphatic heterocycles. The maximum absolute atomic E-state index is 7.63. The molecule has 0 spiro atoms. The van der Waals surface area contributed by atoms with Gasteiger partial charge in [-0.3, -0.25) is 0 Å². The van der Waals surface area contributed by atoms with Crippen LogP contribution in [-0.2, 0) is 0 Å². The smallest absolute Gasteiger partial charge is 0.0629 e. The monoisotopic (exact) mass is 175 g/mol. The van der Waals surface area contributed by atoms with Crippen molar-refractivity contribution in [2.45, 2.75) is 6.92 Å². The van der Waals surface area contributed by atoms with E-state index in [0.717, 1.165) is 5.56 Å². The normalized spacial score (nSPS) is 11.3. The molecule has 0 unspecified atom stereocenters. The van der Waals surface area contributed by atoms with Crippen molar-refractivity contribution >= 4 is 11.4 Å². The maximum Gasteiger partial charge on any atom is 0.0629 e. The van der Waals surface area contributed by atoms with E-state index in [2.05, 4.69) is 0 Å². The predicted molar refractivity (Wildman–Crippen MR) is 55.6 cm³/mol. The SMILES string of the molecule is C/C(N)=C/C(=N)c1ccc(N)cc1. The van der Waals surface area contributed by atoms with Gasteiger partial charge in [0.2, 0.25) is 0 Å². The number of hydrogen-bond donors (Lipinski definition) is 3. The number of hydrogen-bond acceptors (Lipinski definition) is 3. The van der Waals surface area contributed by atoms with Gasteiger partial charge in [-0.1, -0.05) is 12.1 Å². The quantitative estimate of drug-likeness (QED) is 0.470. The number of nitrogens with two attached hydrogens (primary N) is 2. The van der Waals surface area contributed by atoms with Gasteiger partial charge in [0.25, 0.3) is 0 Å². The molecule has 13 heavy (non-hydrogen) atoms. The largest absolute Gasteiger partial charge is 0.402 e. The highest BCUT2D eigenvalue weighted by Gasteiger charge is 1.96. The summed E-state index contributed by atoms with van der Waals surface area (Å²) in [7, 11) is 0. The molecule has 0 radical (unpaired) electrons. The van der Waals surface area contributed by atoms with Crippen LogP contribution in [0.15, 0.2) is 36.0 Å². The van der Waals surface area contributed by atoms with Crippen LogP contribution < -0.4 is 11.5 Å². The van der Waals surface area contributed by atoms with Crippen LogP contribution in [0, 0.1) is 5.41 Å². The van der Waals surface area contributed by atoms with E-state index in [-0.39, 0.29) is 0 Å². The van der Waals surface area contributed by atoms with Crippen molar-refractivity contribution in [1.29, 1.82) is 5.41 Å². The molecule has 5 N–H and O–H groups in total. The van der Waals surface area contributed by atoms with Gasteiger partial charge in [0.15, 0.2) is 0 Å². The van der Waals surface area contributed by atoms with Crippen molar-refractivity contribution in [2.24, 2.45) is 5.73 Å². The second kappa shape index (κ2) is 3.76. The minimum absolute atomic E-state index is 0.403. The van der Waals surface area contributed by atoms with Crippen molar-refractivity contribution < 1.29 is 0 Å². The zero-order valence-electron chi connectivity index (χ0n) is 7.54. The van der Waals surface area contributed by atoms with E-state index in [1.807, 2.05) is 0 Å². The fourth-order valence-electron chi connectivity index (χ4n) is 0.974. The summed E-state index contributed by atoms with van der Waals surface area (Å²) >= 11 is 0. The van der Waals surface area contributed by atoms with E-state index in [0.29, 0.717) is 17.1 Å². The highest BCUT2D eigenvalue weighted by Crippen LogP contribution is 2.06. The Kier molecular flexibility index (Phi) is 2.69. The molecule has 68 valence electrons. The van der Waals surface area contributed by atoms with Crippen LogP contribution in [-0.4, -0.2) is 5.71 Å². The fraction of sp³-hybridized carbons (Fsp3) is 0.100. The summed E-state index contributed by atoms with van der Waals surface area (Å²) in [6.45, 7) is 1.76. The summed E-state index contributed by atoms with van der Waals surface area (Å²) in [5, 5.41) is 7.63. The zero-order valence-corrected chi connectivity index (χ0v) is 7.54. The van der Waals surface area contributed by atoms with E-state index in [9.17, 15) is 0 Å². The van der Waals surface area contributed by atoms with E-state index >= 15 is 0 Å². The predicted octanol–water partition coefficient (Wildman–Crippen LogP) is 1.50. The first kappa shape index (κ1) is 9.32. The molecule has 0 aliphatic carbocycles. The van der Waals surface area contributed by atoms with Gasteiger partial charge in [-0.25, -0.2) is 0 Å². The molecule has 0 heterocycles. The Bertz CT molecular complexity index is 332. The topological polar surface area (TPSA) is 75.9 Å². The molecule has 0 aliphatic rings. The number of nitrogen functional groups attached to an aromatic ring is 1. The van der Waals surface area contributed by atoms with E-state index in [1.54, 1.807) is 37.3 Å². The summed E-state index contributed by atoms with van der Waals surface area (Å²) in [4.78, 5) is 0. The van der Waals surface area contributed by atoms with Crippen LogP contribution in [0.2, 0.25) is 0 Å². The third kappa shape index (κ3) is 2.63. The summed E-state index contributed by atoms with van der Waals surface area (Å²) in [6.07, 6.45) is 1.62. The van der Waals surface area contributed by atoms with Crippen LogP contribution in [0.25, 0.3) is 0 Å². The molecular weight excluding hydrogens is 162 g/mol. The molecule has 0 bridgehead atoms. The lowest BCUT2D eigenvalue weighted by Crippen LogP contribution is -2.00. The van der Waals surface area contributed by atoms with Gasteiger partial charge in [-0.2, -0.15) is 0 Å². The molecule has 0 atom stereocenters. The minimum atomic E-state index is 0.403. The summed E-state index contributed by atoms with van der Waals surface area (Å²) in [5.41, 5.74) is 13.5. The molecule has 0 fully saturated rings. The lowest BCUT2D eigenvalue weighted by atomic mass is 10.1. The number of rotatable bonds is 2. The second-order valence-electron chi connectivity index (χ2n) is 2.92. The van der Waals surface area contributed by atoms with E-state index < -0.39 is 0 Å². The van der Waals surface area contributed by atoms with Crippen molar-refractivity contribution in [1.82, 2.24) is 0 Å². The molecular formula is C10H13N3. The Hall–Kier alpha value is -1.77. The number of allylic oxidation sites excluding steroid dienone is 2. The minimum Gasteiger partial charge on any atom is -0.402 e. The van der Waals surface area contributed by atoms with Crippen LogP contribution in [0.4, 0.5) is 5.69 Å². The standard InChI is InChI=1S/C10H13N3/c1-7(11)6-10(13)8-2-4-9(12)5-3-8/h2-6,13H,11-12H2,1H3/b7-6-,13-10?. The molecule has 0 aromatic heterocycles. The average Bonchev–Trinajstić information content (AvgIpc) is 2.04. The van der Waals surface area contributed by atoms with Crippen molar-refractivity contribution in [2.75, 3.05) is 5.73 Å². The van der Waals surface area contributed by atoms with Gasteiger partial charge in [0.05, 0.1) is 5.71 Å². The summed E-state index contributed by atoms with van der Waals surface area (Å²) in [6, 6.07) is 7.14. The second-order valence-corrected chi connectivity index (χ2v) is 2.92. The number of nitrogens with one attached hydrogen (secondary N) is 1. The Morgan fingerprint density at radius 3 is 2.31 bits per heavy atom. The molecule has 1 rings (SSSR count). The molecule has 0 amide bonds. The van der Waals surface area contributed by atoms with Crippen molar-refractivity contribution in [3.63, 3.8) is 0 Å². The summed E-state index contributed by atoms with van der Waals surface area (Å²) < 4.78 is 0. The highest BCUT2D eigenvalue weighted by atomic mass is 14.6. The van der Waals surface area contributed by atoms with Gasteiger partial charge in [0, 0.05) is 11.4 Å². The Morgan fingerprint density at radius 1 is 1.31 bits per heavy atom. The van der Waals surface area contributed by atoms with Crippen LogP contribution in [0.3, 0.4) is 0 Å². The van der Waals surface area contributed by atoms with Crippen LogP contribution >= 0.6 is 0 Å². The third-order valence-corrected chi connectivity index (χ3v) is 1.59. The van der Waals surface area contributed by atoms with Crippen LogP contribution in [0.5, 0.6) is 0 Å². The van der Waals surface area contributed by atoms with Crippen molar-refractivity contribution in [3.05, 3.63) is 41.6 Å². The maximum atomic E-state index is 7.63. The van der Waals surface area contributed by atoms with Gasteiger partial charge in [-0.15, -0.1) is 0 Å². The van der Waals surface area contributed by atoms with Crippen molar-refractivity contribution in [3.8, 4) is 0 Å². The molecule has 0 saturated heterocycles. The van der Waals surface area contributed by atoms with Gasteiger partial charge in [0.1, 0.15) is 0 Å². The van der Waals surface area contributed by atoms with Crippen LogP contribution in [0.1, 0.15) is 12.5 Å². The molecule has 1 aromatic rings. The first-order valence-electron chi connectivity index (χ1n) is 3.98. The third-order valence-electron chi connectivity index (χ3n) is 1.59. The summed E-state index contributed by atoms with van der Waals surface area (Å²) in [5.74, 6) is 0. The molecule has 0 saturated carbocycles. The fourth-order valence-corrected chi connectivity index (χ4v) is 0.974. The highest BCUT2D eigenvalue weighted by molar-refractivity contribution is 6.06. The first-order valence-corrected chi connectivity index (χ1v) is 3.98. The van der Waals surface area contributed by atoms with Gasteiger partial charge < -0.3 is 16.9 Å².